The summed E-state index contributed by atoms with van der Waals surface area (Å²) in [5, 5.41) is 8.73. The Morgan fingerprint density at radius 3 is 2.76 bits per heavy atom. The van der Waals surface area contributed by atoms with E-state index in [0.717, 1.165) is 19.0 Å². The summed E-state index contributed by atoms with van der Waals surface area (Å²) >= 11 is 0. The maximum Gasteiger partial charge on any atom is 0.323 e. The van der Waals surface area contributed by atoms with Crippen molar-refractivity contribution in [3.63, 3.8) is 0 Å². The summed E-state index contributed by atoms with van der Waals surface area (Å²) in [6.07, 6.45) is 3.79. The standard InChI is InChI=1S/C11H11FN2O3/c12-9-5-13-4-3-8(9)11(17)14(6-10(15)16)7-1-2-7/h3-5,7H,1-2,6H2,(H,15,16). The minimum atomic E-state index is -1.10. The molecule has 1 aliphatic rings. The van der Waals surface area contributed by atoms with Crippen molar-refractivity contribution < 1.29 is 19.1 Å². The number of carbonyl (C=O) groups excluding carboxylic acids is 1. The number of carboxylic acid groups (broad SMARTS) is 1. The minimum absolute atomic E-state index is 0.0776. The van der Waals surface area contributed by atoms with E-state index < -0.39 is 24.2 Å². The van der Waals surface area contributed by atoms with Gasteiger partial charge >= 0.3 is 5.97 Å². The van der Waals surface area contributed by atoms with Crippen molar-refractivity contribution in [1.82, 2.24) is 9.88 Å². The summed E-state index contributed by atoms with van der Waals surface area (Å²) in [5.41, 5.74) is -0.131. The van der Waals surface area contributed by atoms with Crippen molar-refractivity contribution >= 4 is 11.9 Å². The second kappa shape index (κ2) is 4.48. The molecule has 5 nitrogen and oxygen atoms in total. The molecule has 1 amide bonds. The Balaban J connectivity index is 2.22. The number of nitrogens with zero attached hydrogens (tertiary/aromatic N) is 2. The third kappa shape index (κ3) is 2.58. The Morgan fingerprint density at radius 2 is 2.24 bits per heavy atom. The van der Waals surface area contributed by atoms with Gasteiger partial charge in [0, 0.05) is 12.2 Å². The van der Waals surface area contributed by atoms with Crippen LogP contribution in [-0.4, -0.2) is 39.5 Å². The number of aliphatic carboxylic acids is 1. The number of aromatic nitrogens is 1. The highest BCUT2D eigenvalue weighted by molar-refractivity contribution is 5.96. The first-order valence-electron chi connectivity index (χ1n) is 5.22. The summed E-state index contributed by atoms with van der Waals surface area (Å²) in [6, 6.07) is 1.18. The van der Waals surface area contributed by atoms with Gasteiger partial charge in [-0.2, -0.15) is 0 Å². The van der Waals surface area contributed by atoms with Crippen molar-refractivity contribution in [2.75, 3.05) is 6.54 Å². The SMILES string of the molecule is O=C(O)CN(C(=O)c1ccncc1F)C1CC1. The smallest absolute Gasteiger partial charge is 0.323 e. The fraction of sp³-hybridized carbons (Fsp3) is 0.364. The maximum atomic E-state index is 13.4. The molecular formula is C11H11FN2O3. The van der Waals surface area contributed by atoms with Crippen LogP contribution in [0.2, 0.25) is 0 Å². The molecular weight excluding hydrogens is 227 g/mol. The van der Waals surface area contributed by atoms with Gasteiger partial charge in [-0.05, 0) is 18.9 Å². The molecule has 0 radical (unpaired) electrons. The molecule has 90 valence electrons. The second-order valence-electron chi connectivity index (χ2n) is 3.91. The van der Waals surface area contributed by atoms with Crippen LogP contribution in [0.4, 0.5) is 4.39 Å². The first-order chi connectivity index (χ1) is 8.09. The van der Waals surface area contributed by atoms with Crippen molar-refractivity contribution in [2.24, 2.45) is 0 Å². The van der Waals surface area contributed by atoms with E-state index in [1.807, 2.05) is 0 Å². The zero-order valence-corrected chi connectivity index (χ0v) is 8.97. The lowest BCUT2D eigenvalue weighted by molar-refractivity contribution is -0.137. The van der Waals surface area contributed by atoms with Gasteiger partial charge in [0.2, 0.25) is 0 Å². The van der Waals surface area contributed by atoms with Gasteiger partial charge in [-0.15, -0.1) is 0 Å². The molecule has 1 aromatic heterocycles. The number of hydrogen-bond acceptors (Lipinski definition) is 3. The van der Waals surface area contributed by atoms with Crippen molar-refractivity contribution in [3.8, 4) is 0 Å². The van der Waals surface area contributed by atoms with Crippen LogP contribution in [0, 0.1) is 5.82 Å². The highest BCUT2D eigenvalue weighted by Crippen LogP contribution is 2.28. The van der Waals surface area contributed by atoms with Crippen LogP contribution in [0.25, 0.3) is 0 Å². The van der Waals surface area contributed by atoms with E-state index in [0.29, 0.717) is 0 Å². The zero-order valence-electron chi connectivity index (χ0n) is 8.97. The molecule has 0 bridgehead atoms. The van der Waals surface area contributed by atoms with E-state index in [1.54, 1.807) is 0 Å². The normalized spacial score (nSPS) is 14.4. The van der Waals surface area contributed by atoms with Gasteiger partial charge in [-0.1, -0.05) is 0 Å². The number of hydrogen-bond donors (Lipinski definition) is 1. The molecule has 0 aliphatic heterocycles. The summed E-state index contributed by atoms with van der Waals surface area (Å²) in [6.45, 7) is -0.398. The Morgan fingerprint density at radius 1 is 1.53 bits per heavy atom. The zero-order chi connectivity index (χ0) is 12.4. The molecule has 0 atom stereocenters. The molecule has 0 spiro atoms. The molecule has 0 saturated heterocycles. The number of carbonyl (C=O) groups is 2. The van der Waals surface area contributed by atoms with Crippen LogP contribution < -0.4 is 0 Å². The van der Waals surface area contributed by atoms with Gasteiger partial charge in [-0.3, -0.25) is 14.6 Å². The average molecular weight is 238 g/mol. The van der Waals surface area contributed by atoms with Crippen molar-refractivity contribution in [1.29, 1.82) is 0 Å². The van der Waals surface area contributed by atoms with Gasteiger partial charge in [0.15, 0.2) is 5.82 Å². The van der Waals surface area contributed by atoms with Crippen LogP contribution >= 0.6 is 0 Å². The van der Waals surface area contributed by atoms with Gasteiger partial charge in [-0.25, -0.2) is 4.39 Å². The number of pyridine rings is 1. The molecule has 1 fully saturated rings. The fourth-order valence-electron chi connectivity index (χ4n) is 1.60. The summed E-state index contributed by atoms with van der Waals surface area (Å²) in [7, 11) is 0. The van der Waals surface area contributed by atoms with Gasteiger partial charge in [0.05, 0.1) is 11.8 Å². The first kappa shape index (κ1) is 11.5. The monoisotopic (exact) mass is 238 g/mol. The molecule has 0 aromatic carbocycles. The number of carboxylic acids is 1. The molecule has 17 heavy (non-hydrogen) atoms. The number of halogens is 1. The van der Waals surface area contributed by atoms with E-state index >= 15 is 0 Å². The topological polar surface area (TPSA) is 70.5 Å². The number of amides is 1. The van der Waals surface area contributed by atoms with Gasteiger partial charge in [0.1, 0.15) is 6.54 Å². The fourth-order valence-corrected chi connectivity index (χ4v) is 1.60. The molecule has 1 heterocycles. The van der Waals surface area contributed by atoms with Gasteiger partial charge < -0.3 is 10.0 Å². The van der Waals surface area contributed by atoms with E-state index in [4.69, 9.17) is 5.11 Å². The van der Waals surface area contributed by atoms with E-state index in [2.05, 4.69) is 4.98 Å². The molecule has 1 aliphatic carbocycles. The van der Waals surface area contributed by atoms with Crippen LogP contribution in [0.5, 0.6) is 0 Å². The maximum absolute atomic E-state index is 13.4. The van der Waals surface area contributed by atoms with Crippen LogP contribution in [0.3, 0.4) is 0 Å². The Kier molecular flexibility index (Phi) is 3.03. The molecule has 0 unspecified atom stereocenters. The summed E-state index contributed by atoms with van der Waals surface area (Å²) in [4.78, 5) is 27.4. The highest BCUT2D eigenvalue weighted by atomic mass is 19.1. The Labute approximate surface area is 96.9 Å². The van der Waals surface area contributed by atoms with E-state index in [9.17, 15) is 14.0 Å². The molecule has 2 rings (SSSR count). The lowest BCUT2D eigenvalue weighted by atomic mass is 10.2. The lowest BCUT2D eigenvalue weighted by Crippen LogP contribution is -2.37. The van der Waals surface area contributed by atoms with E-state index in [-0.39, 0.29) is 11.6 Å². The van der Waals surface area contributed by atoms with Gasteiger partial charge in [0.25, 0.3) is 5.91 Å². The minimum Gasteiger partial charge on any atom is -0.480 e. The average Bonchev–Trinajstić information content (AvgIpc) is 3.09. The predicted molar refractivity (Wildman–Crippen MR) is 55.9 cm³/mol. The van der Waals surface area contributed by atoms with Crippen LogP contribution in [0.1, 0.15) is 23.2 Å². The van der Waals surface area contributed by atoms with E-state index in [1.165, 1.54) is 17.2 Å². The summed E-state index contributed by atoms with van der Waals surface area (Å²) < 4.78 is 13.4. The first-order valence-corrected chi connectivity index (χ1v) is 5.22. The Bertz CT molecular complexity index is 460. The highest BCUT2D eigenvalue weighted by Gasteiger charge is 2.35. The molecule has 1 saturated carbocycles. The van der Waals surface area contributed by atoms with Crippen LogP contribution in [0.15, 0.2) is 18.5 Å². The second-order valence-corrected chi connectivity index (χ2v) is 3.91. The Hall–Kier alpha value is -1.98. The third-order valence-corrected chi connectivity index (χ3v) is 2.56. The van der Waals surface area contributed by atoms with Crippen molar-refractivity contribution in [3.05, 3.63) is 29.8 Å². The number of rotatable bonds is 4. The molecule has 1 aromatic rings. The van der Waals surface area contributed by atoms with Crippen LogP contribution in [-0.2, 0) is 4.79 Å². The largest absolute Gasteiger partial charge is 0.480 e. The van der Waals surface area contributed by atoms with Crippen molar-refractivity contribution in [2.45, 2.75) is 18.9 Å². The summed E-state index contributed by atoms with van der Waals surface area (Å²) in [5.74, 6) is -2.41. The molecule has 6 heteroatoms. The lowest BCUT2D eigenvalue weighted by Gasteiger charge is -2.20. The quantitative estimate of drug-likeness (QED) is 0.846. The third-order valence-electron chi connectivity index (χ3n) is 2.56. The molecule has 1 N–H and O–H groups in total. The predicted octanol–water partition coefficient (Wildman–Crippen LogP) is 0.910.